The van der Waals surface area contributed by atoms with Crippen LogP contribution in [0.2, 0.25) is 0 Å². The zero-order valence-electron chi connectivity index (χ0n) is 13.7. The average Bonchev–Trinajstić information content (AvgIpc) is 2.48. The van der Waals surface area contributed by atoms with Crippen LogP contribution in [-0.2, 0) is 11.2 Å². The van der Waals surface area contributed by atoms with E-state index in [1.54, 1.807) is 19.2 Å². The SMILES string of the molecule is CCNC(=NCC(C)(C)OC)NCCc1cc(Br)ccc1F. The van der Waals surface area contributed by atoms with E-state index in [0.717, 1.165) is 11.0 Å². The van der Waals surface area contributed by atoms with Crippen molar-refractivity contribution in [1.29, 1.82) is 0 Å². The number of hydrogen-bond acceptors (Lipinski definition) is 2. The quantitative estimate of drug-likeness (QED) is 0.570. The van der Waals surface area contributed by atoms with Crippen LogP contribution >= 0.6 is 15.9 Å². The molecule has 0 aliphatic rings. The highest BCUT2D eigenvalue weighted by Gasteiger charge is 2.15. The number of nitrogens with zero attached hydrogens (tertiary/aromatic N) is 1. The Morgan fingerprint density at radius 3 is 2.73 bits per heavy atom. The monoisotopic (exact) mass is 373 g/mol. The molecule has 0 aliphatic heterocycles. The maximum Gasteiger partial charge on any atom is 0.191 e. The Kier molecular flexibility index (Phi) is 7.82. The van der Waals surface area contributed by atoms with Crippen molar-refractivity contribution in [1.82, 2.24) is 10.6 Å². The van der Waals surface area contributed by atoms with Gasteiger partial charge in [-0.2, -0.15) is 0 Å². The summed E-state index contributed by atoms with van der Waals surface area (Å²) in [6.07, 6.45) is 0.587. The molecule has 0 fully saturated rings. The second kappa shape index (κ2) is 9.10. The van der Waals surface area contributed by atoms with Crippen LogP contribution in [-0.4, -0.2) is 38.3 Å². The van der Waals surface area contributed by atoms with E-state index < -0.39 is 0 Å². The molecule has 4 nitrogen and oxygen atoms in total. The van der Waals surface area contributed by atoms with Crippen LogP contribution in [0.5, 0.6) is 0 Å². The molecule has 0 amide bonds. The summed E-state index contributed by atoms with van der Waals surface area (Å²) in [5, 5.41) is 6.39. The van der Waals surface area contributed by atoms with Crippen LogP contribution in [0.1, 0.15) is 26.3 Å². The standard InChI is InChI=1S/C16H25BrFN3O/c1-5-19-15(21-11-16(2,3)22-4)20-9-8-12-10-13(17)6-7-14(12)18/h6-7,10H,5,8-9,11H2,1-4H3,(H2,19,20,21). The molecule has 0 saturated carbocycles. The molecular formula is C16H25BrFN3O. The Labute approximate surface area is 140 Å². The molecule has 0 heterocycles. The number of nitrogens with one attached hydrogen (secondary N) is 2. The van der Waals surface area contributed by atoms with Gasteiger partial charge < -0.3 is 15.4 Å². The van der Waals surface area contributed by atoms with Gasteiger partial charge in [-0.25, -0.2) is 4.39 Å². The van der Waals surface area contributed by atoms with E-state index in [1.807, 2.05) is 20.8 Å². The minimum atomic E-state index is -0.307. The highest BCUT2D eigenvalue weighted by Crippen LogP contribution is 2.15. The number of halogens is 2. The minimum absolute atomic E-state index is 0.188. The van der Waals surface area contributed by atoms with Gasteiger partial charge in [-0.1, -0.05) is 15.9 Å². The van der Waals surface area contributed by atoms with E-state index in [2.05, 4.69) is 31.6 Å². The molecule has 0 radical (unpaired) electrons. The van der Waals surface area contributed by atoms with Gasteiger partial charge in [-0.15, -0.1) is 0 Å². The molecule has 0 aliphatic carbocycles. The third-order valence-corrected chi connectivity index (χ3v) is 3.70. The molecule has 0 unspecified atom stereocenters. The molecule has 124 valence electrons. The van der Waals surface area contributed by atoms with Crippen molar-refractivity contribution in [2.45, 2.75) is 32.8 Å². The zero-order valence-corrected chi connectivity index (χ0v) is 15.3. The number of hydrogen-bond donors (Lipinski definition) is 2. The normalized spacial score (nSPS) is 12.4. The highest BCUT2D eigenvalue weighted by molar-refractivity contribution is 9.10. The third-order valence-electron chi connectivity index (χ3n) is 3.21. The smallest absolute Gasteiger partial charge is 0.191 e. The van der Waals surface area contributed by atoms with Gasteiger partial charge >= 0.3 is 0 Å². The summed E-state index contributed by atoms with van der Waals surface area (Å²) in [6.45, 7) is 7.89. The first-order chi connectivity index (χ1) is 10.4. The van der Waals surface area contributed by atoms with Crippen LogP contribution < -0.4 is 10.6 Å². The summed E-state index contributed by atoms with van der Waals surface area (Å²) in [5.74, 6) is 0.524. The largest absolute Gasteiger partial charge is 0.377 e. The van der Waals surface area contributed by atoms with E-state index in [0.29, 0.717) is 31.0 Å². The van der Waals surface area contributed by atoms with Gasteiger partial charge in [0, 0.05) is 24.7 Å². The van der Waals surface area contributed by atoms with Gasteiger partial charge in [0.25, 0.3) is 0 Å². The maximum absolute atomic E-state index is 13.7. The molecule has 22 heavy (non-hydrogen) atoms. The predicted octanol–water partition coefficient (Wildman–Crippen LogP) is 3.11. The van der Waals surface area contributed by atoms with Crippen molar-refractivity contribution in [2.24, 2.45) is 4.99 Å². The van der Waals surface area contributed by atoms with Crippen molar-refractivity contribution >= 4 is 21.9 Å². The lowest BCUT2D eigenvalue weighted by atomic mass is 10.1. The predicted molar refractivity (Wildman–Crippen MR) is 92.9 cm³/mol. The molecule has 0 saturated heterocycles. The van der Waals surface area contributed by atoms with Gasteiger partial charge in [-0.05, 0) is 51.0 Å². The van der Waals surface area contributed by atoms with E-state index >= 15 is 0 Å². The van der Waals surface area contributed by atoms with Crippen molar-refractivity contribution in [3.63, 3.8) is 0 Å². The molecule has 0 aromatic heterocycles. The van der Waals surface area contributed by atoms with Crippen LogP contribution in [0.25, 0.3) is 0 Å². The summed E-state index contributed by atoms with van der Waals surface area (Å²) >= 11 is 3.36. The maximum atomic E-state index is 13.7. The first-order valence-electron chi connectivity index (χ1n) is 7.39. The summed E-state index contributed by atoms with van der Waals surface area (Å²) in [5.41, 5.74) is 0.369. The first kappa shape index (κ1) is 18.9. The Morgan fingerprint density at radius 2 is 2.09 bits per heavy atom. The van der Waals surface area contributed by atoms with Crippen LogP contribution in [0, 0.1) is 5.82 Å². The average molecular weight is 374 g/mol. The molecular weight excluding hydrogens is 349 g/mol. The molecule has 0 spiro atoms. The first-order valence-corrected chi connectivity index (χ1v) is 8.18. The fourth-order valence-electron chi connectivity index (χ4n) is 1.73. The van der Waals surface area contributed by atoms with Crippen LogP contribution in [0.4, 0.5) is 4.39 Å². The summed E-state index contributed by atoms with van der Waals surface area (Å²) < 4.78 is 19.9. The van der Waals surface area contributed by atoms with Crippen molar-refractivity contribution in [2.75, 3.05) is 26.7 Å². The Hall–Kier alpha value is -1.14. The summed E-state index contributed by atoms with van der Waals surface area (Å²) in [4.78, 5) is 4.49. The summed E-state index contributed by atoms with van der Waals surface area (Å²) in [7, 11) is 1.67. The molecule has 6 heteroatoms. The fourth-order valence-corrected chi connectivity index (χ4v) is 2.13. The minimum Gasteiger partial charge on any atom is -0.377 e. The molecule has 0 atom stereocenters. The Balaban J connectivity index is 2.57. The van der Waals surface area contributed by atoms with Crippen LogP contribution in [0.3, 0.4) is 0 Å². The van der Waals surface area contributed by atoms with Gasteiger partial charge in [-0.3, -0.25) is 4.99 Å². The zero-order chi connectivity index (χ0) is 16.6. The van der Waals surface area contributed by atoms with Crippen LogP contribution in [0.15, 0.2) is 27.7 Å². The Morgan fingerprint density at radius 1 is 1.36 bits per heavy atom. The molecule has 0 bridgehead atoms. The van der Waals surface area contributed by atoms with E-state index in [9.17, 15) is 4.39 Å². The second-order valence-electron chi connectivity index (χ2n) is 5.57. The molecule has 1 aromatic rings. The molecule has 1 rings (SSSR count). The Bertz CT molecular complexity index is 506. The highest BCUT2D eigenvalue weighted by atomic mass is 79.9. The number of guanidine groups is 1. The number of aliphatic imine (C=N–C) groups is 1. The van der Waals surface area contributed by atoms with Gasteiger partial charge in [0.1, 0.15) is 5.82 Å². The second-order valence-corrected chi connectivity index (χ2v) is 6.49. The number of methoxy groups -OCH3 is 1. The van der Waals surface area contributed by atoms with Crippen molar-refractivity contribution < 1.29 is 9.13 Å². The van der Waals surface area contributed by atoms with Gasteiger partial charge in [0.05, 0.1) is 12.1 Å². The fraction of sp³-hybridized carbons (Fsp3) is 0.562. The van der Waals surface area contributed by atoms with E-state index in [1.165, 1.54) is 6.07 Å². The molecule has 1 aromatic carbocycles. The number of benzene rings is 1. The van der Waals surface area contributed by atoms with E-state index in [4.69, 9.17) is 4.74 Å². The van der Waals surface area contributed by atoms with Crippen molar-refractivity contribution in [3.05, 3.63) is 34.1 Å². The third kappa shape index (κ3) is 6.75. The lowest BCUT2D eigenvalue weighted by molar-refractivity contribution is 0.0310. The lowest BCUT2D eigenvalue weighted by Crippen LogP contribution is -2.40. The van der Waals surface area contributed by atoms with Gasteiger partial charge in [0.2, 0.25) is 0 Å². The lowest BCUT2D eigenvalue weighted by Gasteiger charge is -2.21. The summed E-state index contributed by atoms with van der Waals surface area (Å²) in [6, 6.07) is 4.97. The van der Waals surface area contributed by atoms with E-state index in [-0.39, 0.29) is 11.4 Å². The number of ether oxygens (including phenoxy) is 1. The topological polar surface area (TPSA) is 45.7 Å². The molecule has 2 N–H and O–H groups in total. The number of rotatable bonds is 7. The van der Waals surface area contributed by atoms with Crippen molar-refractivity contribution in [3.8, 4) is 0 Å². The van der Waals surface area contributed by atoms with Gasteiger partial charge in [0.15, 0.2) is 5.96 Å².